The molecule has 0 aliphatic heterocycles. The molecule has 0 saturated heterocycles. The summed E-state index contributed by atoms with van der Waals surface area (Å²) in [6.45, 7) is 6.10. The molecule has 0 aliphatic carbocycles. The Morgan fingerprint density at radius 3 is 2.36 bits per heavy atom. The molecule has 3 aromatic rings. The molecule has 3 rings (SSSR count). The van der Waals surface area contributed by atoms with Gasteiger partial charge in [0.2, 0.25) is 5.90 Å². The number of aryl methyl sites for hydroxylation is 2. The average Bonchev–Trinajstić information content (AvgIpc) is 2.73. The summed E-state index contributed by atoms with van der Waals surface area (Å²) >= 11 is 0. The average molecular weight is 371 g/mol. The molecule has 0 spiro atoms. The van der Waals surface area contributed by atoms with Crippen molar-refractivity contribution in [3.05, 3.63) is 102 Å². The van der Waals surface area contributed by atoms with Crippen LogP contribution in [0.5, 0.6) is 11.5 Å². The number of hydrogen-bond acceptors (Lipinski definition) is 3. The van der Waals surface area contributed by atoms with Gasteiger partial charge in [-0.05, 0) is 62.2 Å². The molecule has 0 amide bonds. The van der Waals surface area contributed by atoms with Crippen LogP contribution in [0.25, 0.3) is 0 Å². The predicted molar refractivity (Wildman–Crippen MR) is 116 cm³/mol. The van der Waals surface area contributed by atoms with Crippen molar-refractivity contribution < 1.29 is 9.47 Å². The smallest absolute Gasteiger partial charge is 0.225 e. The highest BCUT2D eigenvalue weighted by Crippen LogP contribution is 2.20. The zero-order valence-electron chi connectivity index (χ0n) is 16.6. The lowest BCUT2D eigenvalue weighted by atomic mass is 10.2. The van der Waals surface area contributed by atoms with Crippen molar-refractivity contribution in [2.75, 3.05) is 0 Å². The number of benzene rings is 3. The highest BCUT2D eigenvalue weighted by molar-refractivity contribution is 5.96. The minimum absolute atomic E-state index is 0.506. The highest BCUT2D eigenvalue weighted by Gasteiger charge is 2.08. The third-order valence-corrected chi connectivity index (χ3v) is 4.24. The molecule has 0 aliphatic rings. The van der Waals surface area contributed by atoms with Crippen molar-refractivity contribution in [1.82, 2.24) is 0 Å². The maximum absolute atomic E-state index is 6.13. The van der Waals surface area contributed by atoms with Crippen molar-refractivity contribution in [2.24, 2.45) is 4.99 Å². The van der Waals surface area contributed by atoms with Crippen LogP contribution in [0, 0.1) is 6.92 Å². The molecule has 0 unspecified atom stereocenters. The molecule has 0 heterocycles. The van der Waals surface area contributed by atoms with Crippen LogP contribution >= 0.6 is 0 Å². The number of nitrogens with zero attached hydrogens (tertiary/aromatic N) is 1. The number of ether oxygens (including phenoxy) is 2. The van der Waals surface area contributed by atoms with E-state index in [1.54, 1.807) is 6.26 Å². The Kier molecular flexibility index (Phi) is 6.64. The summed E-state index contributed by atoms with van der Waals surface area (Å²) in [6, 6.07) is 25.7. The predicted octanol–water partition coefficient (Wildman–Crippen LogP) is 6.65. The molecule has 28 heavy (non-hydrogen) atoms. The second-order valence-electron chi connectivity index (χ2n) is 6.59. The van der Waals surface area contributed by atoms with E-state index >= 15 is 0 Å². The zero-order valence-corrected chi connectivity index (χ0v) is 16.6. The topological polar surface area (TPSA) is 30.8 Å². The van der Waals surface area contributed by atoms with Crippen LogP contribution in [-0.2, 0) is 6.42 Å². The fraction of sp³-hybridized carbons (Fsp3) is 0.160. The van der Waals surface area contributed by atoms with Gasteiger partial charge in [0, 0.05) is 5.57 Å². The maximum Gasteiger partial charge on any atom is 0.225 e. The Morgan fingerprint density at radius 1 is 0.893 bits per heavy atom. The van der Waals surface area contributed by atoms with E-state index in [0.29, 0.717) is 5.90 Å². The standard InChI is InChI=1S/C25H25NO2/c1-4-21-9-8-12-24(17-21)28-25(26-22-10-6-5-7-11-22)20(3)18-27-23-15-13-19(2)14-16-23/h5-18H,4H2,1-3H3/b20-18?,26-25+. The lowest BCUT2D eigenvalue weighted by Crippen LogP contribution is -2.11. The third kappa shape index (κ3) is 5.58. The number of rotatable bonds is 6. The number of aliphatic imine (C=N–C) groups is 1. The van der Waals surface area contributed by atoms with Gasteiger partial charge < -0.3 is 9.47 Å². The summed E-state index contributed by atoms with van der Waals surface area (Å²) < 4.78 is 11.9. The molecule has 0 radical (unpaired) electrons. The molecule has 3 nitrogen and oxygen atoms in total. The van der Waals surface area contributed by atoms with E-state index in [2.05, 4.69) is 18.0 Å². The lowest BCUT2D eigenvalue weighted by Gasteiger charge is -2.11. The lowest BCUT2D eigenvalue weighted by molar-refractivity contribution is 0.473. The van der Waals surface area contributed by atoms with Crippen LogP contribution in [0.4, 0.5) is 5.69 Å². The van der Waals surface area contributed by atoms with Crippen molar-refractivity contribution >= 4 is 11.6 Å². The minimum atomic E-state index is 0.506. The first-order chi connectivity index (χ1) is 13.6. The van der Waals surface area contributed by atoms with Crippen molar-refractivity contribution in [3.8, 4) is 11.5 Å². The van der Waals surface area contributed by atoms with E-state index in [9.17, 15) is 0 Å². The molecule has 0 saturated carbocycles. The van der Waals surface area contributed by atoms with E-state index < -0.39 is 0 Å². The number of para-hydroxylation sites is 1. The normalized spacial score (nSPS) is 12.0. The zero-order chi connectivity index (χ0) is 19.8. The van der Waals surface area contributed by atoms with Crippen LogP contribution in [0.2, 0.25) is 0 Å². The molecule has 142 valence electrons. The maximum atomic E-state index is 6.13. The molecular formula is C25H25NO2. The Hall–Kier alpha value is -3.33. The van der Waals surface area contributed by atoms with Crippen LogP contribution in [0.3, 0.4) is 0 Å². The van der Waals surface area contributed by atoms with Gasteiger partial charge in [-0.2, -0.15) is 0 Å². The second kappa shape index (κ2) is 9.56. The SMILES string of the molecule is CCc1cccc(O/C(=N/c2ccccc2)C(C)=COc2ccc(C)cc2)c1. The highest BCUT2D eigenvalue weighted by atomic mass is 16.5. The van der Waals surface area contributed by atoms with Gasteiger partial charge >= 0.3 is 0 Å². The van der Waals surface area contributed by atoms with Crippen LogP contribution in [0.15, 0.2) is 95.7 Å². The van der Waals surface area contributed by atoms with Crippen LogP contribution < -0.4 is 9.47 Å². The molecule has 3 heteroatoms. The second-order valence-corrected chi connectivity index (χ2v) is 6.59. The Morgan fingerprint density at radius 2 is 1.64 bits per heavy atom. The van der Waals surface area contributed by atoms with E-state index in [4.69, 9.17) is 9.47 Å². The molecule has 0 atom stereocenters. The van der Waals surface area contributed by atoms with Crippen molar-refractivity contribution in [1.29, 1.82) is 0 Å². The largest absolute Gasteiger partial charge is 0.465 e. The first-order valence-electron chi connectivity index (χ1n) is 9.45. The fourth-order valence-electron chi connectivity index (χ4n) is 2.58. The first kappa shape index (κ1) is 19.4. The monoisotopic (exact) mass is 371 g/mol. The summed E-state index contributed by atoms with van der Waals surface area (Å²) in [6.07, 6.45) is 2.63. The number of hydrogen-bond donors (Lipinski definition) is 0. The van der Waals surface area contributed by atoms with Crippen molar-refractivity contribution in [3.63, 3.8) is 0 Å². The molecular weight excluding hydrogens is 346 g/mol. The fourth-order valence-corrected chi connectivity index (χ4v) is 2.58. The quantitative estimate of drug-likeness (QED) is 0.276. The van der Waals surface area contributed by atoms with Gasteiger partial charge in [-0.1, -0.05) is 55.0 Å². The van der Waals surface area contributed by atoms with Gasteiger partial charge in [0.05, 0.1) is 11.9 Å². The Bertz CT molecular complexity index is 957. The molecule has 0 N–H and O–H groups in total. The van der Waals surface area contributed by atoms with Gasteiger partial charge in [0.1, 0.15) is 11.5 Å². The van der Waals surface area contributed by atoms with Gasteiger partial charge in [-0.25, -0.2) is 4.99 Å². The van der Waals surface area contributed by atoms with E-state index in [-0.39, 0.29) is 0 Å². The van der Waals surface area contributed by atoms with E-state index in [0.717, 1.165) is 29.2 Å². The summed E-state index contributed by atoms with van der Waals surface area (Å²) in [5, 5.41) is 0. The van der Waals surface area contributed by atoms with Gasteiger partial charge in [0.15, 0.2) is 0 Å². The van der Waals surface area contributed by atoms with E-state index in [1.807, 2.05) is 86.6 Å². The first-order valence-corrected chi connectivity index (χ1v) is 9.45. The van der Waals surface area contributed by atoms with Crippen LogP contribution in [-0.4, -0.2) is 5.90 Å². The van der Waals surface area contributed by atoms with E-state index in [1.165, 1.54) is 11.1 Å². The summed E-state index contributed by atoms with van der Waals surface area (Å²) in [5.74, 6) is 2.04. The van der Waals surface area contributed by atoms with Gasteiger partial charge in [-0.15, -0.1) is 0 Å². The Balaban J connectivity index is 1.87. The van der Waals surface area contributed by atoms with Crippen LogP contribution in [0.1, 0.15) is 25.0 Å². The van der Waals surface area contributed by atoms with Crippen molar-refractivity contribution in [2.45, 2.75) is 27.2 Å². The summed E-state index contributed by atoms with van der Waals surface area (Å²) in [5.41, 5.74) is 4.03. The summed E-state index contributed by atoms with van der Waals surface area (Å²) in [4.78, 5) is 4.68. The molecule has 0 fully saturated rings. The van der Waals surface area contributed by atoms with Gasteiger partial charge in [0.25, 0.3) is 0 Å². The third-order valence-electron chi connectivity index (χ3n) is 4.24. The minimum Gasteiger partial charge on any atom is -0.465 e. The molecule has 3 aromatic carbocycles. The molecule has 0 aromatic heterocycles. The Labute approximate surface area is 167 Å². The van der Waals surface area contributed by atoms with Gasteiger partial charge in [-0.3, -0.25) is 0 Å². The summed E-state index contributed by atoms with van der Waals surface area (Å²) in [7, 11) is 0. The molecule has 0 bridgehead atoms.